The minimum absolute atomic E-state index is 0.125. The molecule has 4 rings (SSSR count). The van der Waals surface area contributed by atoms with Crippen LogP contribution in [0.5, 0.6) is 5.75 Å². The van der Waals surface area contributed by atoms with Crippen LogP contribution in [0.4, 0.5) is 5.69 Å². The lowest BCUT2D eigenvalue weighted by Gasteiger charge is -2.30. The van der Waals surface area contributed by atoms with E-state index in [2.05, 4.69) is 49.6 Å². The van der Waals surface area contributed by atoms with Gasteiger partial charge in [0, 0.05) is 63.5 Å². The van der Waals surface area contributed by atoms with E-state index in [4.69, 9.17) is 19.3 Å². The monoisotopic (exact) mass is 694 g/mol. The van der Waals surface area contributed by atoms with Gasteiger partial charge < -0.3 is 19.3 Å². The quantitative estimate of drug-likeness (QED) is 0.103. The van der Waals surface area contributed by atoms with Crippen LogP contribution in [0.3, 0.4) is 0 Å². The first-order valence-electron chi connectivity index (χ1n) is 17.0. The number of methoxy groups -OCH3 is 2. The van der Waals surface area contributed by atoms with E-state index in [0.717, 1.165) is 54.0 Å². The Morgan fingerprint density at radius 1 is 1.02 bits per heavy atom. The number of carboxylic acids is 1. The second-order valence-corrected chi connectivity index (χ2v) is 15.8. The van der Waals surface area contributed by atoms with Gasteiger partial charge in [0.2, 0.25) is 5.69 Å². The average Bonchev–Trinajstić information content (AvgIpc) is 3.24. The zero-order valence-corrected chi connectivity index (χ0v) is 30.7. The van der Waals surface area contributed by atoms with Crippen LogP contribution < -0.4 is 4.74 Å². The van der Waals surface area contributed by atoms with Crippen LogP contribution in [0.25, 0.3) is 5.57 Å². The van der Waals surface area contributed by atoms with Gasteiger partial charge in [0.1, 0.15) is 18.1 Å². The minimum Gasteiger partial charge on any atom is -0.481 e. The zero-order chi connectivity index (χ0) is 36.0. The molecular weight excluding hydrogens is 642 g/mol. The summed E-state index contributed by atoms with van der Waals surface area (Å²) >= 11 is 0. The second-order valence-electron chi connectivity index (χ2n) is 14.4. The van der Waals surface area contributed by atoms with E-state index in [1.807, 2.05) is 32.1 Å². The van der Waals surface area contributed by atoms with Crippen LogP contribution in [0.2, 0.25) is 0 Å². The number of unbranched alkanes of at least 4 members (excludes halogenated alkanes) is 2. The number of allylic oxidation sites excluding steroid dienone is 5. The molecule has 2 aromatic carbocycles. The van der Waals surface area contributed by atoms with Gasteiger partial charge in [-0.15, -0.1) is 0 Å². The fourth-order valence-corrected chi connectivity index (χ4v) is 7.20. The number of fused-ring (bicyclic) bond motifs is 2. The highest BCUT2D eigenvalue weighted by molar-refractivity contribution is 7.85. The number of carbonyl (C=O) groups is 1. The summed E-state index contributed by atoms with van der Waals surface area (Å²) < 4.78 is 53.3. The Hall–Kier alpha value is -3.57. The Morgan fingerprint density at radius 2 is 1.71 bits per heavy atom. The fourth-order valence-electron chi connectivity index (χ4n) is 6.69. The van der Waals surface area contributed by atoms with Gasteiger partial charge >= 0.3 is 5.97 Å². The summed E-state index contributed by atoms with van der Waals surface area (Å²) in [7, 11) is -0.942. The number of hydrogen-bond donors (Lipinski definition) is 2. The lowest BCUT2D eigenvalue weighted by atomic mass is 9.79. The van der Waals surface area contributed by atoms with Gasteiger partial charge in [0.05, 0.1) is 10.3 Å². The predicted molar refractivity (Wildman–Crippen MR) is 193 cm³/mol. The van der Waals surface area contributed by atoms with Crippen molar-refractivity contribution in [2.45, 2.75) is 89.4 Å². The van der Waals surface area contributed by atoms with E-state index < -0.39 is 21.5 Å². The molecule has 0 atom stereocenters. The highest BCUT2D eigenvalue weighted by atomic mass is 32.2. The van der Waals surface area contributed by atoms with Crippen LogP contribution in [0.15, 0.2) is 71.4 Å². The highest BCUT2D eigenvalue weighted by Gasteiger charge is 2.44. The number of carboxylic acid groups (broad SMARTS) is 1. The third kappa shape index (κ3) is 9.36. The summed E-state index contributed by atoms with van der Waals surface area (Å²) in [4.78, 5) is 10.9. The van der Waals surface area contributed by atoms with Gasteiger partial charge in [0.25, 0.3) is 10.1 Å². The summed E-state index contributed by atoms with van der Waals surface area (Å²) in [6.07, 6.45) is 12.0. The van der Waals surface area contributed by atoms with Crippen LogP contribution >= 0.6 is 0 Å². The lowest BCUT2D eigenvalue weighted by molar-refractivity contribution is -0.438. The number of benzene rings is 2. The fraction of sp³-hybridized carbons (Fsp3) is 0.487. The molecule has 0 saturated carbocycles. The molecule has 0 radical (unpaired) electrons. The minimum atomic E-state index is -4.38. The predicted octanol–water partition coefficient (Wildman–Crippen LogP) is 8.07. The molecule has 2 aliphatic heterocycles. The van der Waals surface area contributed by atoms with Crippen LogP contribution in [0, 0.1) is 5.41 Å². The molecule has 2 heterocycles. The van der Waals surface area contributed by atoms with Crippen LogP contribution in [-0.4, -0.2) is 68.3 Å². The van der Waals surface area contributed by atoms with Gasteiger partial charge in [-0.3, -0.25) is 9.35 Å². The molecule has 0 saturated heterocycles. The Kier molecular flexibility index (Phi) is 12.5. The largest absolute Gasteiger partial charge is 0.481 e. The van der Waals surface area contributed by atoms with Gasteiger partial charge in [-0.05, 0) is 92.4 Å². The SMILES string of the molecule is COCCC(CCOC)c1ccc2c(c1)OC(=CC=CC1=[N+](CCCCCC(=O)O)c3ccc(S(=O)(=O)O)cc3C1(C)C)C=C2C(C)(C)C. The molecular formula is C39H52NO8S+. The van der Waals surface area contributed by atoms with Gasteiger partial charge in [-0.1, -0.05) is 39.0 Å². The van der Waals surface area contributed by atoms with E-state index >= 15 is 0 Å². The van der Waals surface area contributed by atoms with Gasteiger partial charge in [-0.2, -0.15) is 13.0 Å². The summed E-state index contributed by atoms with van der Waals surface area (Å²) in [5, 5.41) is 9.05. The van der Waals surface area contributed by atoms with Crippen molar-refractivity contribution in [3.63, 3.8) is 0 Å². The molecule has 0 amide bonds. The molecule has 0 bridgehead atoms. The summed E-state index contributed by atoms with van der Waals surface area (Å²) in [5.41, 5.74) is 5.33. The van der Waals surface area contributed by atoms with Crippen LogP contribution in [0.1, 0.15) is 95.8 Å². The maximum atomic E-state index is 12.0. The molecule has 2 aliphatic rings. The van der Waals surface area contributed by atoms with Crippen molar-refractivity contribution >= 4 is 33.1 Å². The number of aliphatic carboxylic acids is 1. The molecule has 0 aliphatic carbocycles. The van der Waals surface area contributed by atoms with E-state index in [-0.39, 0.29) is 22.6 Å². The summed E-state index contributed by atoms with van der Waals surface area (Å²) in [5.74, 6) is 0.979. The molecule has 10 heteroatoms. The molecule has 0 unspecified atom stereocenters. The standard InChI is InChI=1S/C39H51NO8S/c1-38(2,3)32-25-29(48-35-24-28(15-17-31(32)35)27(19-22-46-6)20-23-47-7)12-11-13-36-39(4,5)33-26-30(49(43,44)45)16-18-34(33)40(36)21-10-8-9-14-37(41)42/h11-13,15-18,24-27H,8-10,14,19-23H2,1-7H3,(H-,41,42,43,44,45)/p+1. The Balaban J connectivity index is 1.71. The van der Waals surface area contributed by atoms with Gasteiger partial charge in [-0.25, -0.2) is 0 Å². The van der Waals surface area contributed by atoms with E-state index in [9.17, 15) is 17.8 Å². The highest BCUT2D eigenvalue weighted by Crippen LogP contribution is 2.45. The number of rotatable bonds is 16. The molecule has 9 nitrogen and oxygen atoms in total. The number of ether oxygens (including phenoxy) is 3. The Labute approximate surface area is 291 Å². The Bertz CT molecular complexity index is 1750. The van der Waals surface area contributed by atoms with Crippen molar-refractivity contribution in [3.05, 3.63) is 83.2 Å². The van der Waals surface area contributed by atoms with E-state index in [1.165, 1.54) is 17.2 Å². The first-order valence-corrected chi connectivity index (χ1v) is 18.4. The first-order chi connectivity index (χ1) is 23.1. The number of hydrogen-bond acceptors (Lipinski definition) is 6. The van der Waals surface area contributed by atoms with Crippen molar-refractivity contribution in [1.82, 2.24) is 0 Å². The molecule has 2 N–H and O–H groups in total. The van der Waals surface area contributed by atoms with Crippen molar-refractivity contribution in [3.8, 4) is 5.75 Å². The maximum Gasteiger partial charge on any atom is 0.303 e. The summed E-state index contributed by atoms with van der Waals surface area (Å²) in [6, 6.07) is 11.2. The summed E-state index contributed by atoms with van der Waals surface area (Å²) in [6.45, 7) is 12.6. The third-order valence-corrected chi connectivity index (χ3v) is 10.2. The van der Waals surface area contributed by atoms with Crippen molar-refractivity contribution in [2.75, 3.05) is 34.0 Å². The third-order valence-electron chi connectivity index (χ3n) is 9.38. The average molecular weight is 695 g/mol. The van der Waals surface area contributed by atoms with Crippen LogP contribution in [-0.2, 0) is 29.8 Å². The normalized spacial score (nSPS) is 16.7. The molecule has 2 aromatic rings. The molecule has 0 fully saturated rings. The van der Waals surface area contributed by atoms with E-state index in [0.29, 0.717) is 31.9 Å². The molecule has 0 aromatic heterocycles. The smallest absolute Gasteiger partial charge is 0.303 e. The molecule has 49 heavy (non-hydrogen) atoms. The second kappa shape index (κ2) is 16.0. The van der Waals surface area contributed by atoms with Crippen molar-refractivity contribution in [1.29, 1.82) is 0 Å². The maximum absolute atomic E-state index is 12.0. The Morgan fingerprint density at radius 3 is 2.33 bits per heavy atom. The van der Waals surface area contributed by atoms with Crippen molar-refractivity contribution in [2.24, 2.45) is 5.41 Å². The topological polar surface area (TPSA) is 122 Å². The van der Waals surface area contributed by atoms with E-state index in [1.54, 1.807) is 26.4 Å². The molecule has 266 valence electrons. The van der Waals surface area contributed by atoms with Crippen molar-refractivity contribution < 1.29 is 41.7 Å². The van der Waals surface area contributed by atoms with Gasteiger partial charge in [0.15, 0.2) is 5.71 Å². The number of nitrogens with zero attached hydrogens (tertiary/aromatic N) is 1. The first kappa shape index (κ1) is 38.2. The zero-order valence-electron chi connectivity index (χ0n) is 29.9. The molecule has 0 spiro atoms. The lowest BCUT2D eigenvalue weighted by Crippen LogP contribution is -2.28.